The number of carbonyl (C=O) groups is 3. The van der Waals surface area contributed by atoms with E-state index in [1.165, 1.54) is 11.7 Å². The second-order valence-electron chi connectivity index (χ2n) is 19.6. The van der Waals surface area contributed by atoms with E-state index >= 15 is 0 Å². The molecule has 2 aliphatic rings. The van der Waals surface area contributed by atoms with Gasteiger partial charge in [-0.05, 0) is 154 Å². The highest BCUT2D eigenvalue weighted by molar-refractivity contribution is 6.30. The number of likely N-dealkylation sites (tertiary alicyclic amines) is 1. The summed E-state index contributed by atoms with van der Waals surface area (Å²) in [4.78, 5) is 42.7. The van der Waals surface area contributed by atoms with Crippen LogP contribution in [-0.2, 0) is 25.5 Å². The minimum Gasteiger partial charge on any atom is -0.495 e. The quantitative estimate of drug-likeness (QED) is 0.0307. The van der Waals surface area contributed by atoms with Gasteiger partial charge in [0.1, 0.15) is 12.3 Å². The first-order chi connectivity index (χ1) is 38.1. The predicted octanol–water partition coefficient (Wildman–Crippen LogP) is 10.0. The highest BCUT2D eigenvalue weighted by atomic mass is 35.5. The number of fused-ring (bicyclic) bond motifs is 2. The van der Waals surface area contributed by atoms with Crippen molar-refractivity contribution < 1.29 is 46.5 Å². The molecule has 0 bridgehead atoms. The molecule has 1 fully saturated rings. The number of amides is 3. The molecule has 0 radical (unpaired) electrons. The number of nitrogens with zero attached hydrogens (tertiary/aromatic N) is 3. The minimum atomic E-state index is -4.44. The number of hydrogen-bond acceptors (Lipinski definition) is 11. The van der Waals surface area contributed by atoms with Crippen LogP contribution in [0.2, 0.25) is 5.02 Å². The summed E-state index contributed by atoms with van der Waals surface area (Å²) in [5, 5.41) is 17.4. The summed E-state index contributed by atoms with van der Waals surface area (Å²) in [6.07, 6.45) is -1.82. The molecule has 3 amide bonds. The van der Waals surface area contributed by atoms with E-state index in [4.69, 9.17) is 30.5 Å². The summed E-state index contributed by atoms with van der Waals surface area (Å²) in [5.74, 6) is 5.77. The van der Waals surface area contributed by atoms with Crippen LogP contribution in [0.15, 0.2) is 109 Å². The lowest BCUT2D eigenvalue weighted by Crippen LogP contribution is -2.43. The summed E-state index contributed by atoms with van der Waals surface area (Å²) in [6, 6.07) is 33.3. The molecule has 5 N–H and O–H groups in total. The van der Waals surface area contributed by atoms with Crippen molar-refractivity contribution in [3.63, 3.8) is 0 Å². The maximum atomic E-state index is 13.8. The van der Waals surface area contributed by atoms with E-state index in [2.05, 4.69) is 63.4 Å². The van der Waals surface area contributed by atoms with E-state index in [9.17, 15) is 27.6 Å². The Balaban J connectivity index is 0.698. The maximum Gasteiger partial charge on any atom is 0.406 e. The van der Waals surface area contributed by atoms with Gasteiger partial charge in [-0.15, -0.1) is 0 Å². The van der Waals surface area contributed by atoms with E-state index in [0.29, 0.717) is 78.1 Å². The highest BCUT2D eigenvalue weighted by Crippen LogP contribution is 2.41. The number of carbonyl (C=O) groups excluding carboxylic acids is 3. The van der Waals surface area contributed by atoms with Gasteiger partial charge in [0.2, 0.25) is 5.91 Å². The van der Waals surface area contributed by atoms with Gasteiger partial charge in [0.25, 0.3) is 11.8 Å². The van der Waals surface area contributed by atoms with E-state index in [1.807, 2.05) is 59.5 Å². The minimum absolute atomic E-state index is 0.00756. The van der Waals surface area contributed by atoms with Crippen LogP contribution in [0.3, 0.4) is 0 Å². The van der Waals surface area contributed by atoms with Crippen LogP contribution in [0.25, 0.3) is 22.0 Å². The number of anilines is 4. The Kier molecular flexibility index (Phi) is 20.2. The number of nitrogens with one attached hydrogen (secondary N) is 5. The molecule has 6 aromatic rings. The van der Waals surface area contributed by atoms with Gasteiger partial charge in [-0.1, -0.05) is 41.8 Å². The average molecular weight is 1110 g/mol. The summed E-state index contributed by atoms with van der Waals surface area (Å²) in [6.45, 7) is 6.97. The van der Waals surface area contributed by atoms with Crippen molar-refractivity contribution in [3.8, 4) is 28.7 Å². The molecule has 1 saturated heterocycles. The monoisotopic (exact) mass is 1100 g/mol. The Morgan fingerprint density at radius 2 is 1.39 bits per heavy atom. The zero-order chi connectivity index (χ0) is 55.9. The van der Waals surface area contributed by atoms with Crippen LogP contribution in [0.4, 0.5) is 35.9 Å². The molecule has 2 atom stereocenters. The van der Waals surface area contributed by atoms with Crippen LogP contribution in [0.5, 0.6) is 5.75 Å². The molecule has 5 aromatic carbocycles. The molecule has 0 saturated carbocycles. The first kappa shape index (κ1) is 57.9. The summed E-state index contributed by atoms with van der Waals surface area (Å²) >= 11 is 6.13. The van der Waals surface area contributed by atoms with Crippen molar-refractivity contribution in [2.24, 2.45) is 0 Å². The second-order valence-corrected chi connectivity index (χ2v) is 20.1. The van der Waals surface area contributed by atoms with Crippen molar-refractivity contribution in [1.29, 1.82) is 0 Å². The molecule has 8 rings (SSSR count). The van der Waals surface area contributed by atoms with Gasteiger partial charge in [-0.3, -0.25) is 14.4 Å². The Bertz CT molecular complexity index is 3100. The van der Waals surface area contributed by atoms with E-state index < -0.39 is 12.7 Å². The number of piperidine rings is 1. The number of methoxy groups -OCH3 is 1. The standard InChI is InChI=1S/C60H68ClF3N8O7/c1-40-35-54(69-47-18-16-46(61)17-19-47)50-36-44(15-21-56(50)72(40)41(2)73)42-10-12-43(13-11-42)58(74)66-25-29-77-31-33-79-34-32-78-30-26-67-59(75)45-14-20-53(57(37-45)76-4)65-24-6-7-49-38-51-52(68-48-22-27-70(3)28-23-48)8-5-9-55(51)71(49)39-60(62,63)64/h5,8-21,36-38,40,48,54,65,68-69H,22-35,39H2,1-4H3,(H,66,74)(H,67,75)/t40-,54+/m0/s1. The first-order valence-electron chi connectivity index (χ1n) is 26.5. The van der Waals surface area contributed by atoms with Gasteiger partial charge in [-0.25, -0.2) is 0 Å². The fraction of sp³-hybridized carbons (Fsp3) is 0.383. The van der Waals surface area contributed by atoms with Gasteiger partial charge in [0.15, 0.2) is 0 Å². The van der Waals surface area contributed by atoms with Crippen LogP contribution in [-0.4, -0.2) is 132 Å². The van der Waals surface area contributed by atoms with Crippen LogP contribution >= 0.6 is 11.6 Å². The molecule has 2 aliphatic heterocycles. The predicted molar refractivity (Wildman–Crippen MR) is 305 cm³/mol. The van der Waals surface area contributed by atoms with Gasteiger partial charge in [0, 0.05) is 70.7 Å². The Morgan fingerprint density at radius 3 is 2.05 bits per heavy atom. The number of halogens is 4. The van der Waals surface area contributed by atoms with Crippen molar-refractivity contribution in [1.82, 2.24) is 20.1 Å². The number of aromatic nitrogens is 1. The molecular formula is C60H68ClF3N8O7. The SMILES string of the molecule is COc1cc(C(=O)NCCOCCOCCOCCNC(=O)c2ccc(-c3ccc4c(c3)[C@H](Nc3ccc(Cl)cc3)C[C@H](C)N4C(C)=O)cc2)ccc1NCC#Cc1cc2c(NC3CCN(C)CC3)cccc2n1CC(F)(F)F. The zero-order valence-corrected chi connectivity index (χ0v) is 45.7. The van der Waals surface area contributed by atoms with Crippen molar-refractivity contribution in [2.75, 3.05) is 107 Å². The van der Waals surface area contributed by atoms with Crippen LogP contribution in [0, 0.1) is 11.8 Å². The van der Waals surface area contributed by atoms with Crippen LogP contribution in [0.1, 0.15) is 71.1 Å². The number of ether oxygens (including phenoxy) is 4. The maximum absolute atomic E-state index is 13.8. The second kappa shape index (κ2) is 27.5. The molecule has 0 unspecified atom stereocenters. The number of hydrogen-bond donors (Lipinski definition) is 5. The number of benzene rings is 5. The van der Waals surface area contributed by atoms with Crippen molar-refractivity contribution in [2.45, 2.75) is 64.0 Å². The Labute approximate surface area is 464 Å². The third-order valence-electron chi connectivity index (χ3n) is 13.9. The fourth-order valence-corrected chi connectivity index (χ4v) is 10.1. The molecule has 15 nitrogen and oxygen atoms in total. The topological polar surface area (TPSA) is 160 Å². The lowest BCUT2D eigenvalue weighted by Gasteiger charge is -2.39. The molecule has 3 heterocycles. The molecule has 418 valence electrons. The van der Waals surface area contributed by atoms with Gasteiger partial charge in [0.05, 0.1) is 76.2 Å². The molecule has 0 aliphatic carbocycles. The van der Waals surface area contributed by atoms with Crippen molar-refractivity contribution in [3.05, 3.63) is 137 Å². The molecule has 19 heteroatoms. The summed E-state index contributed by atoms with van der Waals surface area (Å²) < 4.78 is 65.0. The van der Waals surface area contributed by atoms with E-state index in [1.54, 1.807) is 55.5 Å². The lowest BCUT2D eigenvalue weighted by molar-refractivity contribution is -0.140. The smallest absolute Gasteiger partial charge is 0.406 e. The fourth-order valence-electron chi connectivity index (χ4n) is 9.93. The molecule has 79 heavy (non-hydrogen) atoms. The molecular weight excluding hydrogens is 1040 g/mol. The lowest BCUT2D eigenvalue weighted by atomic mass is 9.88. The molecule has 0 spiro atoms. The van der Waals surface area contributed by atoms with Gasteiger partial charge >= 0.3 is 6.18 Å². The third kappa shape index (κ3) is 16.0. The zero-order valence-electron chi connectivity index (χ0n) is 44.9. The molecule has 1 aromatic heterocycles. The Morgan fingerprint density at radius 1 is 0.747 bits per heavy atom. The first-order valence-corrected chi connectivity index (χ1v) is 26.9. The normalized spacial score (nSPS) is 15.7. The highest BCUT2D eigenvalue weighted by Gasteiger charge is 2.33. The third-order valence-corrected chi connectivity index (χ3v) is 14.2. The summed E-state index contributed by atoms with van der Waals surface area (Å²) in [7, 11) is 3.56. The number of alkyl halides is 3. The van der Waals surface area contributed by atoms with Crippen molar-refractivity contribution >= 4 is 63.0 Å². The van der Waals surface area contributed by atoms with E-state index in [0.717, 1.165) is 66.1 Å². The summed E-state index contributed by atoms with van der Waals surface area (Å²) in [5.41, 5.74) is 7.71. The number of rotatable bonds is 23. The Hall–Kier alpha value is -7.27. The van der Waals surface area contributed by atoms with E-state index in [-0.39, 0.29) is 61.2 Å². The van der Waals surface area contributed by atoms with Crippen LogP contribution < -0.4 is 36.2 Å². The average Bonchev–Trinajstić information content (AvgIpc) is 3.95. The van der Waals surface area contributed by atoms with Gasteiger partial charge < -0.3 is 59.9 Å². The van der Waals surface area contributed by atoms with Gasteiger partial charge in [-0.2, -0.15) is 13.2 Å². The largest absolute Gasteiger partial charge is 0.495 e.